The lowest BCUT2D eigenvalue weighted by molar-refractivity contribution is -0.140. The largest absolute Gasteiger partial charge is 0.481 e. The van der Waals surface area contributed by atoms with Crippen LogP contribution in [0.15, 0.2) is 24.3 Å². The van der Waals surface area contributed by atoms with Gasteiger partial charge in [-0.2, -0.15) is 0 Å². The summed E-state index contributed by atoms with van der Waals surface area (Å²) in [7, 11) is 1.73. The SMILES string of the molecule is CCCC.CNc1ccc(C(=O)OC(=O)C(N)CCC(=O)O)cc1. The monoisotopic (exact) mass is 338 g/mol. The summed E-state index contributed by atoms with van der Waals surface area (Å²) >= 11 is 0. The number of carboxylic acids is 1. The van der Waals surface area contributed by atoms with E-state index < -0.39 is 23.9 Å². The van der Waals surface area contributed by atoms with Crippen molar-refractivity contribution < 1.29 is 24.2 Å². The van der Waals surface area contributed by atoms with Crippen molar-refractivity contribution in [3.63, 3.8) is 0 Å². The minimum absolute atomic E-state index is 0.0832. The van der Waals surface area contributed by atoms with E-state index in [1.807, 2.05) is 0 Å². The first-order valence-corrected chi connectivity index (χ1v) is 7.86. The van der Waals surface area contributed by atoms with Crippen molar-refractivity contribution in [2.75, 3.05) is 12.4 Å². The van der Waals surface area contributed by atoms with E-state index in [9.17, 15) is 14.4 Å². The van der Waals surface area contributed by atoms with E-state index in [-0.39, 0.29) is 18.4 Å². The third-order valence-corrected chi connectivity index (χ3v) is 3.07. The molecule has 0 aliphatic rings. The molecule has 0 bridgehead atoms. The summed E-state index contributed by atoms with van der Waals surface area (Å²) in [6, 6.07) is 5.19. The maximum absolute atomic E-state index is 11.7. The van der Waals surface area contributed by atoms with Crippen LogP contribution in [-0.4, -0.2) is 36.1 Å². The van der Waals surface area contributed by atoms with Crippen LogP contribution in [0.5, 0.6) is 0 Å². The molecule has 0 amide bonds. The molecule has 0 aliphatic heterocycles. The van der Waals surface area contributed by atoms with Crippen molar-refractivity contribution in [2.45, 2.75) is 45.6 Å². The Morgan fingerprint density at radius 3 is 2.12 bits per heavy atom. The highest BCUT2D eigenvalue weighted by Gasteiger charge is 2.20. The number of ether oxygens (including phenoxy) is 1. The van der Waals surface area contributed by atoms with Gasteiger partial charge >= 0.3 is 17.9 Å². The first-order valence-electron chi connectivity index (χ1n) is 7.86. The van der Waals surface area contributed by atoms with Crippen LogP contribution in [0.3, 0.4) is 0 Å². The minimum atomic E-state index is -1.13. The fourth-order valence-corrected chi connectivity index (χ4v) is 1.40. The zero-order valence-corrected chi connectivity index (χ0v) is 14.4. The molecule has 1 atom stereocenters. The molecule has 0 aromatic heterocycles. The molecule has 0 aliphatic carbocycles. The minimum Gasteiger partial charge on any atom is -0.481 e. The second-order valence-corrected chi connectivity index (χ2v) is 5.07. The number of carbonyl (C=O) groups is 3. The number of unbranched alkanes of at least 4 members (excludes halogenated alkanes) is 1. The Morgan fingerprint density at radius 1 is 1.17 bits per heavy atom. The predicted octanol–water partition coefficient (Wildman–Crippen LogP) is 2.41. The summed E-state index contributed by atoms with van der Waals surface area (Å²) in [5.41, 5.74) is 6.46. The second-order valence-electron chi connectivity index (χ2n) is 5.07. The molecule has 1 rings (SSSR count). The fraction of sp³-hybridized carbons (Fsp3) is 0.471. The standard InChI is InChI=1S/C13H16N2O5.C4H10/c1-15-9-4-2-8(3-5-9)12(18)20-13(19)10(14)6-7-11(16)17;1-3-4-2/h2-5,10,15H,6-7,14H2,1H3,(H,16,17);3-4H2,1-2H3. The van der Waals surface area contributed by atoms with Crippen LogP contribution in [0.2, 0.25) is 0 Å². The molecular formula is C17H26N2O5. The number of hydrogen-bond acceptors (Lipinski definition) is 6. The summed E-state index contributed by atoms with van der Waals surface area (Å²) in [5, 5.41) is 11.4. The smallest absolute Gasteiger partial charge is 0.345 e. The molecule has 0 fully saturated rings. The number of rotatable bonds is 7. The van der Waals surface area contributed by atoms with E-state index in [2.05, 4.69) is 23.9 Å². The lowest BCUT2D eigenvalue weighted by Crippen LogP contribution is -2.34. The van der Waals surface area contributed by atoms with Crippen molar-refractivity contribution in [3.8, 4) is 0 Å². The zero-order chi connectivity index (χ0) is 18.5. The molecule has 0 spiro atoms. The van der Waals surface area contributed by atoms with Crippen molar-refractivity contribution in [1.29, 1.82) is 0 Å². The molecule has 1 unspecified atom stereocenters. The number of nitrogens with one attached hydrogen (secondary N) is 1. The Hall–Kier alpha value is -2.41. The van der Waals surface area contributed by atoms with Crippen LogP contribution >= 0.6 is 0 Å². The number of hydrogen-bond donors (Lipinski definition) is 3. The summed E-state index contributed by atoms with van der Waals surface area (Å²) in [6.07, 6.45) is 2.29. The molecule has 0 saturated carbocycles. The van der Waals surface area contributed by atoms with Crippen molar-refractivity contribution in [2.24, 2.45) is 5.73 Å². The number of esters is 2. The van der Waals surface area contributed by atoms with Gasteiger partial charge in [0.1, 0.15) is 6.04 Å². The summed E-state index contributed by atoms with van der Waals surface area (Å²) in [4.78, 5) is 33.5. The van der Waals surface area contributed by atoms with E-state index in [1.165, 1.54) is 25.0 Å². The topological polar surface area (TPSA) is 119 Å². The van der Waals surface area contributed by atoms with Crippen LogP contribution in [-0.2, 0) is 14.3 Å². The molecule has 24 heavy (non-hydrogen) atoms. The summed E-state index contributed by atoms with van der Waals surface area (Å²) in [6.45, 7) is 4.36. The van der Waals surface area contributed by atoms with E-state index in [0.717, 1.165) is 5.69 Å². The van der Waals surface area contributed by atoms with Gasteiger partial charge < -0.3 is 20.9 Å². The van der Waals surface area contributed by atoms with E-state index in [4.69, 9.17) is 10.8 Å². The molecule has 7 nitrogen and oxygen atoms in total. The Bertz CT molecular complexity index is 526. The van der Waals surface area contributed by atoms with Gasteiger partial charge in [-0.3, -0.25) is 4.79 Å². The highest BCUT2D eigenvalue weighted by atomic mass is 16.6. The van der Waals surface area contributed by atoms with Crippen LogP contribution in [0.25, 0.3) is 0 Å². The normalized spacial score (nSPS) is 10.8. The quantitative estimate of drug-likeness (QED) is 0.516. The molecule has 0 saturated heterocycles. The molecule has 7 heteroatoms. The van der Waals surface area contributed by atoms with Crippen molar-refractivity contribution in [1.82, 2.24) is 0 Å². The fourth-order valence-electron chi connectivity index (χ4n) is 1.40. The first kappa shape index (κ1) is 21.6. The Kier molecular flexibility index (Phi) is 10.9. The highest BCUT2D eigenvalue weighted by Crippen LogP contribution is 2.10. The van der Waals surface area contributed by atoms with Gasteiger partial charge in [0.05, 0.1) is 5.56 Å². The summed E-state index contributed by atoms with van der Waals surface area (Å²) in [5.74, 6) is -2.82. The van der Waals surface area contributed by atoms with E-state index in [0.29, 0.717) is 0 Å². The highest BCUT2D eigenvalue weighted by molar-refractivity contribution is 5.98. The second kappa shape index (κ2) is 12.1. The van der Waals surface area contributed by atoms with E-state index >= 15 is 0 Å². The van der Waals surface area contributed by atoms with Gasteiger partial charge in [0.2, 0.25) is 0 Å². The zero-order valence-electron chi connectivity index (χ0n) is 14.4. The van der Waals surface area contributed by atoms with Gasteiger partial charge in [-0.15, -0.1) is 0 Å². The van der Waals surface area contributed by atoms with Gasteiger partial charge in [0, 0.05) is 19.2 Å². The molecule has 4 N–H and O–H groups in total. The van der Waals surface area contributed by atoms with E-state index in [1.54, 1.807) is 19.2 Å². The third-order valence-electron chi connectivity index (χ3n) is 3.07. The molecule has 1 aromatic carbocycles. The van der Waals surface area contributed by atoms with Crippen LogP contribution in [0.4, 0.5) is 5.69 Å². The summed E-state index contributed by atoms with van der Waals surface area (Å²) < 4.78 is 4.59. The van der Waals surface area contributed by atoms with Gasteiger partial charge in [-0.25, -0.2) is 9.59 Å². The average molecular weight is 338 g/mol. The Balaban J connectivity index is 0.00000118. The van der Waals surface area contributed by atoms with Gasteiger partial charge in [-0.05, 0) is 30.7 Å². The Labute approximate surface area is 142 Å². The number of anilines is 1. The van der Waals surface area contributed by atoms with Crippen molar-refractivity contribution >= 4 is 23.6 Å². The predicted molar refractivity (Wildman–Crippen MR) is 91.8 cm³/mol. The third kappa shape index (κ3) is 8.89. The molecule has 0 radical (unpaired) electrons. The Morgan fingerprint density at radius 2 is 1.71 bits per heavy atom. The van der Waals surface area contributed by atoms with Gasteiger partial charge in [0.15, 0.2) is 0 Å². The first-order chi connectivity index (χ1) is 11.3. The lowest BCUT2D eigenvalue weighted by Gasteiger charge is -2.09. The van der Waals surface area contributed by atoms with Crippen LogP contribution in [0, 0.1) is 0 Å². The van der Waals surface area contributed by atoms with Gasteiger partial charge in [-0.1, -0.05) is 26.7 Å². The molecule has 1 aromatic rings. The maximum atomic E-state index is 11.7. The number of carboxylic acid groups (broad SMARTS) is 1. The number of benzene rings is 1. The lowest BCUT2D eigenvalue weighted by atomic mass is 10.1. The van der Waals surface area contributed by atoms with Crippen molar-refractivity contribution in [3.05, 3.63) is 29.8 Å². The molecular weight excluding hydrogens is 312 g/mol. The van der Waals surface area contributed by atoms with Crippen LogP contribution < -0.4 is 11.1 Å². The number of aliphatic carboxylic acids is 1. The number of nitrogens with two attached hydrogens (primary N) is 1. The maximum Gasteiger partial charge on any atom is 0.345 e. The number of carbonyl (C=O) groups excluding carboxylic acids is 2. The molecule has 134 valence electrons. The van der Waals surface area contributed by atoms with Crippen LogP contribution in [0.1, 0.15) is 49.9 Å². The van der Waals surface area contributed by atoms with Gasteiger partial charge in [0.25, 0.3) is 0 Å². The average Bonchev–Trinajstić information content (AvgIpc) is 2.59. The molecule has 0 heterocycles.